The van der Waals surface area contributed by atoms with Crippen LogP contribution in [-0.4, -0.2) is 36.4 Å². The number of carbonyl (C=O) groups excluding carboxylic acids is 1. The SMILES string of the molecule is CC1(NC(=O)c2cc(-c3ccccc3Cl)nc3ccccc23)CCS(=O)(=O)C1. The molecule has 0 spiro atoms. The van der Waals surface area contributed by atoms with E-state index in [0.29, 0.717) is 33.6 Å². The number of para-hydroxylation sites is 1. The van der Waals surface area contributed by atoms with Crippen molar-refractivity contribution in [2.45, 2.75) is 18.9 Å². The van der Waals surface area contributed by atoms with E-state index in [1.54, 1.807) is 19.1 Å². The molecular formula is C21H19ClN2O3S. The van der Waals surface area contributed by atoms with Crippen LogP contribution in [0.5, 0.6) is 0 Å². The van der Waals surface area contributed by atoms with Crippen LogP contribution in [0.2, 0.25) is 5.02 Å². The predicted octanol–water partition coefficient (Wildman–Crippen LogP) is 3.86. The summed E-state index contributed by atoms with van der Waals surface area (Å²) in [6, 6.07) is 16.4. The topological polar surface area (TPSA) is 76.1 Å². The fourth-order valence-corrected chi connectivity index (χ4v) is 5.95. The summed E-state index contributed by atoms with van der Waals surface area (Å²) in [5.41, 5.74) is 1.68. The predicted molar refractivity (Wildman–Crippen MR) is 111 cm³/mol. The largest absolute Gasteiger partial charge is 0.346 e. The van der Waals surface area contributed by atoms with Crippen molar-refractivity contribution in [2.24, 2.45) is 0 Å². The van der Waals surface area contributed by atoms with Crippen LogP contribution < -0.4 is 5.32 Å². The molecule has 1 aliphatic heterocycles. The molecule has 2 aromatic carbocycles. The smallest absolute Gasteiger partial charge is 0.252 e. The number of amides is 1. The molecule has 1 amide bonds. The van der Waals surface area contributed by atoms with Gasteiger partial charge in [-0.3, -0.25) is 4.79 Å². The van der Waals surface area contributed by atoms with E-state index in [1.165, 1.54) is 0 Å². The molecule has 7 heteroatoms. The molecule has 1 aliphatic rings. The van der Waals surface area contributed by atoms with Crippen LogP contribution in [-0.2, 0) is 9.84 Å². The van der Waals surface area contributed by atoms with Gasteiger partial charge in [0, 0.05) is 16.0 Å². The van der Waals surface area contributed by atoms with Crippen molar-refractivity contribution in [2.75, 3.05) is 11.5 Å². The maximum absolute atomic E-state index is 13.1. The monoisotopic (exact) mass is 414 g/mol. The minimum absolute atomic E-state index is 0.0495. The quantitative estimate of drug-likeness (QED) is 0.706. The van der Waals surface area contributed by atoms with Gasteiger partial charge in [0.05, 0.1) is 33.8 Å². The third-order valence-corrected chi connectivity index (χ3v) is 7.26. The molecule has 0 aliphatic carbocycles. The molecule has 0 saturated carbocycles. The zero-order chi connectivity index (χ0) is 19.9. The molecule has 4 rings (SSSR count). The minimum Gasteiger partial charge on any atom is -0.346 e. The number of hydrogen-bond donors (Lipinski definition) is 1. The Kier molecular flexibility index (Phi) is 4.63. The number of benzene rings is 2. The van der Waals surface area contributed by atoms with Crippen LogP contribution in [0.1, 0.15) is 23.7 Å². The van der Waals surface area contributed by atoms with Crippen LogP contribution >= 0.6 is 11.6 Å². The average Bonchev–Trinajstić information content (AvgIpc) is 2.93. The summed E-state index contributed by atoms with van der Waals surface area (Å²) < 4.78 is 23.8. The van der Waals surface area contributed by atoms with E-state index in [2.05, 4.69) is 10.3 Å². The Hall–Kier alpha value is -2.44. The van der Waals surface area contributed by atoms with Gasteiger partial charge >= 0.3 is 0 Å². The Morgan fingerprint density at radius 3 is 2.57 bits per heavy atom. The summed E-state index contributed by atoms with van der Waals surface area (Å²) in [7, 11) is -3.13. The van der Waals surface area contributed by atoms with E-state index in [1.807, 2.05) is 42.5 Å². The van der Waals surface area contributed by atoms with Crippen LogP contribution in [0.25, 0.3) is 22.2 Å². The van der Waals surface area contributed by atoms with Gasteiger partial charge in [-0.15, -0.1) is 0 Å². The van der Waals surface area contributed by atoms with Gasteiger partial charge in [-0.25, -0.2) is 13.4 Å². The first kappa shape index (κ1) is 18.9. The molecule has 0 radical (unpaired) electrons. The normalized spacial score (nSPS) is 20.9. The third kappa shape index (κ3) is 3.62. The first-order valence-electron chi connectivity index (χ1n) is 8.94. The molecule has 144 valence electrons. The Labute approximate surface area is 168 Å². The Morgan fingerprint density at radius 1 is 1.14 bits per heavy atom. The molecule has 0 bridgehead atoms. The second-order valence-corrected chi connectivity index (χ2v) is 10.0. The number of pyridine rings is 1. The van der Waals surface area contributed by atoms with Crippen molar-refractivity contribution >= 4 is 38.2 Å². The van der Waals surface area contributed by atoms with Crippen molar-refractivity contribution in [1.82, 2.24) is 10.3 Å². The molecule has 28 heavy (non-hydrogen) atoms. The number of hydrogen-bond acceptors (Lipinski definition) is 4. The first-order valence-corrected chi connectivity index (χ1v) is 11.1. The lowest BCUT2D eigenvalue weighted by Crippen LogP contribution is -2.47. The second kappa shape index (κ2) is 6.87. The number of sulfone groups is 1. The lowest BCUT2D eigenvalue weighted by atomic mass is 9.99. The Bertz CT molecular complexity index is 1190. The number of carbonyl (C=O) groups is 1. The number of halogens is 1. The van der Waals surface area contributed by atoms with Crippen molar-refractivity contribution in [3.8, 4) is 11.3 Å². The van der Waals surface area contributed by atoms with E-state index in [0.717, 1.165) is 5.56 Å². The second-order valence-electron chi connectivity index (χ2n) is 7.41. The van der Waals surface area contributed by atoms with Crippen molar-refractivity contribution in [3.63, 3.8) is 0 Å². The van der Waals surface area contributed by atoms with Crippen molar-refractivity contribution < 1.29 is 13.2 Å². The lowest BCUT2D eigenvalue weighted by molar-refractivity contribution is 0.0917. The number of fused-ring (bicyclic) bond motifs is 1. The van der Waals surface area contributed by atoms with Crippen LogP contribution in [0, 0.1) is 0 Å². The Morgan fingerprint density at radius 2 is 1.86 bits per heavy atom. The third-order valence-electron chi connectivity index (χ3n) is 5.03. The zero-order valence-electron chi connectivity index (χ0n) is 15.3. The molecule has 1 unspecified atom stereocenters. The van der Waals surface area contributed by atoms with E-state index in [-0.39, 0.29) is 17.4 Å². The summed E-state index contributed by atoms with van der Waals surface area (Å²) in [5, 5.41) is 4.19. The van der Waals surface area contributed by atoms with Gasteiger partial charge in [0.2, 0.25) is 0 Å². The number of nitrogens with one attached hydrogen (secondary N) is 1. The average molecular weight is 415 g/mol. The van der Waals surface area contributed by atoms with Crippen LogP contribution in [0.4, 0.5) is 0 Å². The van der Waals surface area contributed by atoms with E-state index in [9.17, 15) is 13.2 Å². The van der Waals surface area contributed by atoms with Gasteiger partial charge in [0.15, 0.2) is 9.84 Å². The molecule has 1 N–H and O–H groups in total. The standard InChI is InChI=1S/C21H19ClN2O3S/c1-21(10-11-28(26,27)13-21)24-20(25)16-12-19(15-7-2-4-8-17(15)22)23-18-9-5-3-6-14(16)18/h2-9,12H,10-11,13H2,1H3,(H,24,25). The molecule has 3 aromatic rings. The molecule has 1 fully saturated rings. The summed E-state index contributed by atoms with van der Waals surface area (Å²) in [6.45, 7) is 1.77. The van der Waals surface area contributed by atoms with Crippen LogP contribution in [0.3, 0.4) is 0 Å². The molecule has 1 aromatic heterocycles. The Balaban J connectivity index is 1.80. The summed E-state index contributed by atoms with van der Waals surface area (Å²) in [6.07, 6.45) is 0.404. The fraction of sp³-hybridized carbons (Fsp3) is 0.238. The number of nitrogens with zero attached hydrogens (tertiary/aromatic N) is 1. The van der Waals surface area contributed by atoms with Gasteiger partial charge in [-0.05, 0) is 31.5 Å². The molecule has 5 nitrogen and oxygen atoms in total. The highest BCUT2D eigenvalue weighted by molar-refractivity contribution is 7.91. The highest BCUT2D eigenvalue weighted by atomic mass is 35.5. The zero-order valence-corrected chi connectivity index (χ0v) is 16.8. The van der Waals surface area contributed by atoms with E-state index < -0.39 is 15.4 Å². The van der Waals surface area contributed by atoms with E-state index >= 15 is 0 Å². The highest BCUT2D eigenvalue weighted by Gasteiger charge is 2.39. The van der Waals surface area contributed by atoms with E-state index in [4.69, 9.17) is 11.6 Å². The summed E-state index contributed by atoms with van der Waals surface area (Å²) >= 11 is 6.33. The van der Waals surface area contributed by atoms with Crippen LogP contribution in [0.15, 0.2) is 54.6 Å². The maximum Gasteiger partial charge on any atom is 0.252 e. The van der Waals surface area contributed by atoms with Crippen molar-refractivity contribution in [3.05, 3.63) is 65.2 Å². The molecule has 2 heterocycles. The van der Waals surface area contributed by atoms with Crippen molar-refractivity contribution in [1.29, 1.82) is 0 Å². The summed E-state index contributed by atoms with van der Waals surface area (Å²) in [4.78, 5) is 17.8. The number of aromatic nitrogens is 1. The van der Waals surface area contributed by atoms with Gasteiger partial charge in [0.25, 0.3) is 5.91 Å². The maximum atomic E-state index is 13.1. The highest BCUT2D eigenvalue weighted by Crippen LogP contribution is 2.30. The van der Waals surface area contributed by atoms with Gasteiger partial charge in [-0.1, -0.05) is 48.0 Å². The number of rotatable bonds is 3. The molecule has 1 saturated heterocycles. The van der Waals surface area contributed by atoms with Gasteiger partial charge in [-0.2, -0.15) is 0 Å². The molecule has 1 atom stereocenters. The van der Waals surface area contributed by atoms with Gasteiger partial charge in [0.1, 0.15) is 0 Å². The first-order chi connectivity index (χ1) is 13.3. The van der Waals surface area contributed by atoms with Gasteiger partial charge < -0.3 is 5.32 Å². The lowest BCUT2D eigenvalue weighted by Gasteiger charge is -2.24. The molecular weight excluding hydrogens is 396 g/mol. The minimum atomic E-state index is -3.13. The fourth-order valence-electron chi connectivity index (χ4n) is 3.62. The summed E-state index contributed by atoms with van der Waals surface area (Å²) in [5.74, 6) is -0.274.